The van der Waals surface area contributed by atoms with Crippen molar-refractivity contribution in [1.82, 2.24) is 0 Å². The highest BCUT2D eigenvalue weighted by atomic mass is 35.5. The summed E-state index contributed by atoms with van der Waals surface area (Å²) in [6, 6.07) is 10.9. The van der Waals surface area contributed by atoms with Gasteiger partial charge in [0.15, 0.2) is 0 Å². The van der Waals surface area contributed by atoms with Gasteiger partial charge in [-0.1, -0.05) is 29.3 Å². The van der Waals surface area contributed by atoms with E-state index in [4.69, 9.17) is 38.4 Å². The molecule has 3 nitrogen and oxygen atoms in total. The first-order valence-electron chi connectivity index (χ1n) is 6.64. The number of benzene rings is 2. The third-order valence-corrected chi connectivity index (χ3v) is 4.33. The molecule has 3 rings (SSSR count). The van der Waals surface area contributed by atoms with Gasteiger partial charge in [0.05, 0.1) is 7.11 Å². The number of fused-ring (bicyclic) bond motifs is 1. The topological polar surface area (TPSA) is 44.5 Å². The van der Waals surface area contributed by atoms with Gasteiger partial charge in [-0.05, 0) is 30.3 Å². The first-order chi connectivity index (χ1) is 10.1. The SMILES string of the molecule is COc1ccc2c(c1)C(N)CC(c1c(Cl)cccc1Cl)O2. The molecule has 0 aliphatic carbocycles. The molecule has 0 saturated carbocycles. The molecule has 21 heavy (non-hydrogen) atoms. The zero-order valence-corrected chi connectivity index (χ0v) is 13.0. The lowest BCUT2D eigenvalue weighted by molar-refractivity contribution is 0.161. The second-order valence-electron chi connectivity index (χ2n) is 4.99. The maximum Gasteiger partial charge on any atom is 0.128 e. The van der Waals surface area contributed by atoms with E-state index in [-0.39, 0.29) is 12.1 Å². The molecule has 1 heterocycles. The van der Waals surface area contributed by atoms with Gasteiger partial charge < -0.3 is 15.2 Å². The fourth-order valence-corrected chi connectivity index (χ4v) is 3.25. The van der Waals surface area contributed by atoms with Crippen LogP contribution in [0.25, 0.3) is 0 Å². The summed E-state index contributed by atoms with van der Waals surface area (Å²) in [4.78, 5) is 0. The lowest BCUT2D eigenvalue weighted by Crippen LogP contribution is -2.24. The van der Waals surface area contributed by atoms with Crippen LogP contribution in [0.1, 0.15) is 29.7 Å². The molecule has 0 aromatic heterocycles. The van der Waals surface area contributed by atoms with Crippen molar-refractivity contribution in [1.29, 1.82) is 0 Å². The monoisotopic (exact) mass is 323 g/mol. The average molecular weight is 324 g/mol. The maximum absolute atomic E-state index is 6.28. The predicted octanol–water partition coefficient (Wildman–Crippen LogP) is 4.53. The van der Waals surface area contributed by atoms with Crippen LogP contribution in [0.15, 0.2) is 36.4 Å². The zero-order chi connectivity index (χ0) is 15.0. The maximum atomic E-state index is 6.28. The standard InChI is InChI=1S/C16H15Cl2NO2/c1-20-9-5-6-14-10(7-9)13(19)8-15(21-14)16-11(17)3-2-4-12(16)18/h2-7,13,15H,8,19H2,1H3. The van der Waals surface area contributed by atoms with Crippen molar-refractivity contribution in [3.63, 3.8) is 0 Å². The van der Waals surface area contributed by atoms with Crippen LogP contribution in [0.4, 0.5) is 0 Å². The minimum Gasteiger partial charge on any atom is -0.497 e. The Morgan fingerprint density at radius 2 is 1.90 bits per heavy atom. The molecule has 2 unspecified atom stereocenters. The Morgan fingerprint density at radius 1 is 1.19 bits per heavy atom. The van der Waals surface area contributed by atoms with Crippen LogP contribution in [0.2, 0.25) is 10.0 Å². The molecule has 110 valence electrons. The van der Waals surface area contributed by atoms with Gasteiger partial charge in [0.2, 0.25) is 0 Å². The number of rotatable bonds is 2. The van der Waals surface area contributed by atoms with Gasteiger partial charge in [-0.15, -0.1) is 0 Å². The quantitative estimate of drug-likeness (QED) is 0.883. The van der Waals surface area contributed by atoms with Gasteiger partial charge >= 0.3 is 0 Å². The van der Waals surface area contributed by atoms with Gasteiger partial charge in [-0.25, -0.2) is 0 Å². The molecule has 0 radical (unpaired) electrons. The largest absolute Gasteiger partial charge is 0.497 e. The summed E-state index contributed by atoms with van der Waals surface area (Å²) in [7, 11) is 1.63. The number of hydrogen-bond acceptors (Lipinski definition) is 3. The van der Waals surface area contributed by atoms with Crippen LogP contribution in [-0.4, -0.2) is 7.11 Å². The first-order valence-corrected chi connectivity index (χ1v) is 7.40. The molecule has 2 N–H and O–H groups in total. The fraction of sp³-hybridized carbons (Fsp3) is 0.250. The Morgan fingerprint density at radius 3 is 2.57 bits per heavy atom. The second kappa shape index (κ2) is 5.76. The minimum atomic E-state index is -0.248. The summed E-state index contributed by atoms with van der Waals surface area (Å²) in [5, 5.41) is 1.19. The first kappa shape index (κ1) is 14.5. The van der Waals surface area contributed by atoms with Gasteiger partial charge in [0.1, 0.15) is 17.6 Å². The van der Waals surface area contributed by atoms with E-state index in [1.165, 1.54) is 0 Å². The molecule has 5 heteroatoms. The summed E-state index contributed by atoms with van der Waals surface area (Å²) >= 11 is 12.5. The Balaban J connectivity index is 1.99. The third-order valence-electron chi connectivity index (χ3n) is 3.68. The number of halogens is 2. The summed E-state index contributed by atoms with van der Waals surface area (Å²) in [5.74, 6) is 1.51. The van der Waals surface area contributed by atoms with Crippen molar-refractivity contribution >= 4 is 23.2 Å². The van der Waals surface area contributed by atoms with E-state index >= 15 is 0 Å². The van der Waals surface area contributed by atoms with E-state index in [0.29, 0.717) is 16.5 Å². The molecule has 2 aromatic rings. The lowest BCUT2D eigenvalue weighted by atomic mass is 9.93. The van der Waals surface area contributed by atoms with Crippen LogP contribution < -0.4 is 15.2 Å². The van der Waals surface area contributed by atoms with Crippen molar-refractivity contribution in [2.45, 2.75) is 18.6 Å². The summed E-state index contributed by atoms with van der Waals surface area (Å²) in [6.07, 6.45) is 0.367. The molecule has 2 aromatic carbocycles. The van der Waals surface area contributed by atoms with Crippen LogP contribution in [0.3, 0.4) is 0 Å². The van der Waals surface area contributed by atoms with E-state index in [9.17, 15) is 0 Å². The van der Waals surface area contributed by atoms with Crippen LogP contribution in [-0.2, 0) is 0 Å². The summed E-state index contributed by atoms with van der Waals surface area (Å²) < 4.78 is 11.3. The molecular formula is C16H15Cl2NO2. The second-order valence-corrected chi connectivity index (χ2v) is 5.80. The highest BCUT2D eigenvalue weighted by molar-refractivity contribution is 6.36. The molecule has 1 aliphatic heterocycles. The van der Waals surface area contributed by atoms with Crippen molar-refractivity contribution < 1.29 is 9.47 Å². The van der Waals surface area contributed by atoms with Crippen LogP contribution >= 0.6 is 23.2 Å². The number of methoxy groups -OCH3 is 1. The molecule has 0 fully saturated rings. The number of ether oxygens (including phenoxy) is 2. The summed E-state index contributed by atoms with van der Waals surface area (Å²) in [5.41, 5.74) is 8.00. The Bertz CT molecular complexity index is 655. The fourth-order valence-electron chi connectivity index (χ4n) is 2.60. The Kier molecular flexibility index (Phi) is 3.98. The highest BCUT2D eigenvalue weighted by Gasteiger charge is 2.30. The molecule has 1 aliphatic rings. The van der Waals surface area contributed by atoms with E-state index in [2.05, 4.69) is 0 Å². The molecule has 0 bridgehead atoms. The molecule has 0 spiro atoms. The molecule has 2 atom stereocenters. The van der Waals surface area contributed by atoms with Gasteiger partial charge in [-0.3, -0.25) is 0 Å². The minimum absolute atomic E-state index is 0.152. The predicted molar refractivity (Wildman–Crippen MR) is 84.4 cm³/mol. The zero-order valence-electron chi connectivity index (χ0n) is 11.5. The molecular weight excluding hydrogens is 309 g/mol. The normalized spacial score (nSPS) is 20.6. The van der Waals surface area contributed by atoms with E-state index in [1.807, 2.05) is 24.3 Å². The Hall–Kier alpha value is -1.42. The van der Waals surface area contributed by atoms with Crippen molar-refractivity contribution in [2.75, 3.05) is 7.11 Å². The third kappa shape index (κ3) is 2.69. The van der Waals surface area contributed by atoms with Crippen LogP contribution in [0.5, 0.6) is 11.5 Å². The van der Waals surface area contributed by atoms with E-state index in [0.717, 1.165) is 22.6 Å². The number of hydrogen-bond donors (Lipinski definition) is 1. The van der Waals surface area contributed by atoms with Crippen molar-refractivity contribution in [2.24, 2.45) is 5.73 Å². The Labute approximate surface area is 133 Å². The smallest absolute Gasteiger partial charge is 0.128 e. The highest BCUT2D eigenvalue weighted by Crippen LogP contribution is 2.44. The summed E-state index contributed by atoms with van der Waals surface area (Å²) in [6.45, 7) is 0. The number of nitrogens with two attached hydrogens (primary N) is 1. The average Bonchev–Trinajstić information content (AvgIpc) is 2.47. The van der Waals surface area contributed by atoms with Crippen LogP contribution in [0, 0.1) is 0 Å². The molecule has 0 saturated heterocycles. The van der Waals surface area contributed by atoms with E-state index in [1.54, 1.807) is 19.2 Å². The van der Waals surface area contributed by atoms with E-state index < -0.39 is 0 Å². The lowest BCUT2D eigenvalue weighted by Gasteiger charge is -2.31. The van der Waals surface area contributed by atoms with Crippen molar-refractivity contribution in [3.05, 3.63) is 57.6 Å². The van der Waals surface area contributed by atoms with Gasteiger partial charge in [0, 0.05) is 33.6 Å². The van der Waals surface area contributed by atoms with Gasteiger partial charge in [-0.2, -0.15) is 0 Å². The van der Waals surface area contributed by atoms with Gasteiger partial charge in [0.25, 0.3) is 0 Å². The molecule has 0 amide bonds. The van der Waals surface area contributed by atoms with Crippen molar-refractivity contribution in [3.8, 4) is 11.5 Å².